The first-order chi connectivity index (χ1) is 8.76. The quantitative estimate of drug-likeness (QED) is 0.836. The van der Waals surface area contributed by atoms with Gasteiger partial charge >= 0.3 is 0 Å². The van der Waals surface area contributed by atoms with Gasteiger partial charge in [0.2, 0.25) is 0 Å². The van der Waals surface area contributed by atoms with E-state index in [0.29, 0.717) is 11.2 Å². The Bertz CT molecular complexity index is 395. The largest absolute Gasteiger partial charge is 0.367 e. The van der Waals surface area contributed by atoms with Crippen LogP contribution in [0.25, 0.3) is 0 Å². The van der Waals surface area contributed by atoms with Crippen molar-refractivity contribution in [1.29, 1.82) is 0 Å². The zero-order valence-electron chi connectivity index (χ0n) is 11.2. The Labute approximate surface area is 114 Å². The Kier molecular flexibility index (Phi) is 4.81. The van der Waals surface area contributed by atoms with Crippen LogP contribution in [0.3, 0.4) is 0 Å². The number of hydrogen-bond donors (Lipinski definition) is 1. The van der Waals surface area contributed by atoms with Gasteiger partial charge in [0.15, 0.2) is 0 Å². The fraction of sp³-hybridized carbons (Fsp3) is 0.714. The molecule has 0 bridgehead atoms. The van der Waals surface area contributed by atoms with E-state index in [1.807, 2.05) is 0 Å². The summed E-state index contributed by atoms with van der Waals surface area (Å²) in [5, 5.41) is 4.19. The summed E-state index contributed by atoms with van der Waals surface area (Å²) < 4.78 is 0. The van der Waals surface area contributed by atoms with Gasteiger partial charge in [-0.1, -0.05) is 44.7 Å². The number of halogens is 1. The van der Waals surface area contributed by atoms with Gasteiger partial charge in [0.1, 0.15) is 17.3 Å². The normalized spacial score (nSPS) is 23.9. The molecule has 100 valence electrons. The first-order valence-electron chi connectivity index (χ1n) is 7.02. The van der Waals surface area contributed by atoms with Crippen LogP contribution in [0, 0.1) is 5.92 Å². The second-order valence-corrected chi connectivity index (χ2v) is 5.41. The topological polar surface area (TPSA) is 37.8 Å². The standard InChI is InChI=1S/C14H22ClN3/c1-3-10-7-5-6-8-12(10)18-14-11(4-2)13(15)16-9-17-14/h9-10,12H,3-8H2,1-2H3,(H,16,17,18). The maximum atomic E-state index is 6.13. The number of anilines is 1. The average molecular weight is 268 g/mol. The van der Waals surface area contributed by atoms with Crippen molar-refractivity contribution in [2.45, 2.75) is 58.4 Å². The van der Waals surface area contributed by atoms with Gasteiger partial charge in [0.25, 0.3) is 0 Å². The van der Waals surface area contributed by atoms with E-state index in [0.717, 1.165) is 23.7 Å². The maximum Gasteiger partial charge on any atom is 0.137 e. The third kappa shape index (κ3) is 2.94. The van der Waals surface area contributed by atoms with Crippen LogP contribution in [-0.4, -0.2) is 16.0 Å². The molecule has 2 unspecified atom stereocenters. The smallest absolute Gasteiger partial charge is 0.137 e. The van der Waals surface area contributed by atoms with Gasteiger partial charge in [-0.05, 0) is 25.2 Å². The Morgan fingerprint density at radius 2 is 2.06 bits per heavy atom. The van der Waals surface area contributed by atoms with Crippen LogP contribution in [0.4, 0.5) is 5.82 Å². The fourth-order valence-electron chi connectivity index (χ4n) is 2.89. The van der Waals surface area contributed by atoms with Crippen LogP contribution in [0.15, 0.2) is 6.33 Å². The molecule has 1 saturated carbocycles. The van der Waals surface area contributed by atoms with E-state index in [-0.39, 0.29) is 0 Å². The van der Waals surface area contributed by atoms with Crippen molar-refractivity contribution in [1.82, 2.24) is 9.97 Å². The molecular formula is C14H22ClN3. The predicted molar refractivity (Wildman–Crippen MR) is 76.1 cm³/mol. The highest BCUT2D eigenvalue weighted by Crippen LogP contribution is 2.30. The van der Waals surface area contributed by atoms with E-state index in [2.05, 4.69) is 29.1 Å². The van der Waals surface area contributed by atoms with Crippen molar-refractivity contribution in [3.8, 4) is 0 Å². The SMILES string of the molecule is CCc1c(Cl)ncnc1NC1CCCCC1CC. The zero-order chi connectivity index (χ0) is 13.0. The molecule has 1 aromatic heterocycles. The van der Waals surface area contributed by atoms with E-state index in [4.69, 9.17) is 11.6 Å². The van der Waals surface area contributed by atoms with E-state index >= 15 is 0 Å². The number of hydrogen-bond acceptors (Lipinski definition) is 3. The first kappa shape index (κ1) is 13.6. The second kappa shape index (κ2) is 6.37. The van der Waals surface area contributed by atoms with E-state index in [9.17, 15) is 0 Å². The van der Waals surface area contributed by atoms with E-state index in [1.54, 1.807) is 6.33 Å². The summed E-state index contributed by atoms with van der Waals surface area (Å²) in [4.78, 5) is 8.42. The Morgan fingerprint density at radius 1 is 1.28 bits per heavy atom. The summed E-state index contributed by atoms with van der Waals surface area (Å²) in [5.74, 6) is 1.69. The van der Waals surface area contributed by atoms with Crippen molar-refractivity contribution in [3.63, 3.8) is 0 Å². The molecule has 0 spiro atoms. The molecule has 18 heavy (non-hydrogen) atoms. The minimum absolute atomic E-state index is 0.542. The maximum absolute atomic E-state index is 6.13. The van der Waals surface area contributed by atoms with E-state index < -0.39 is 0 Å². The molecule has 1 fully saturated rings. The Hall–Kier alpha value is -0.830. The fourth-order valence-corrected chi connectivity index (χ4v) is 3.16. The lowest BCUT2D eigenvalue weighted by Crippen LogP contribution is -2.32. The van der Waals surface area contributed by atoms with Crippen LogP contribution >= 0.6 is 11.6 Å². The van der Waals surface area contributed by atoms with Crippen LogP contribution in [0.1, 0.15) is 51.5 Å². The minimum atomic E-state index is 0.542. The summed E-state index contributed by atoms with van der Waals surface area (Å²) >= 11 is 6.13. The summed E-state index contributed by atoms with van der Waals surface area (Å²) in [6, 6.07) is 0.542. The lowest BCUT2D eigenvalue weighted by molar-refractivity contribution is 0.316. The van der Waals surface area contributed by atoms with Gasteiger partial charge in [-0.3, -0.25) is 0 Å². The molecule has 1 heterocycles. The molecule has 0 aromatic carbocycles. The Morgan fingerprint density at radius 3 is 2.78 bits per heavy atom. The van der Waals surface area contributed by atoms with Crippen LogP contribution in [0.2, 0.25) is 5.15 Å². The summed E-state index contributed by atoms with van der Waals surface area (Å²) in [5.41, 5.74) is 1.04. The monoisotopic (exact) mass is 267 g/mol. The van der Waals surface area contributed by atoms with Crippen LogP contribution in [0.5, 0.6) is 0 Å². The molecular weight excluding hydrogens is 246 g/mol. The molecule has 2 atom stereocenters. The highest BCUT2D eigenvalue weighted by atomic mass is 35.5. The molecule has 4 heteroatoms. The number of rotatable bonds is 4. The Balaban J connectivity index is 2.15. The molecule has 3 nitrogen and oxygen atoms in total. The van der Waals surface area contributed by atoms with Gasteiger partial charge in [-0.2, -0.15) is 0 Å². The number of nitrogens with one attached hydrogen (secondary N) is 1. The van der Waals surface area contributed by atoms with Crippen molar-refractivity contribution in [3.05, 3.63) is 17.0 Å². The average Bonchev–Trinajstić information content (AvgIpc) is 2.40. The van der Waals surface area contributed by atoms with Crippen molar-refractivity contribution in [2.75, 3.05) is 5.32 Å². The second-order valence-electron chi connectivity index (χ2n) is 5.05. The highest BCUT2D eigenvalue weighted by Gasteiger charge is 2.24. The van der Waals surface area contributed by atoms with Gasteiger partial charge in [-0.25, -0.2) is 9.97 Å². The zero-order valence-corrected chi connectivity index (χ0v) is 12.0. The predicted octanol–water partition coefficient (Wildman–Crippen LogP) is 4.07. The molecule has 0 radical (unpaired) electrons. The van der Waals surface area contributed by atoms with Crippen molar-refractivity contribution >= 4 is 17.4 Å². The summed E-state index contributed by atoms with van der Waals surface area (Å²) in [6.07, 6.45) is 8.89. The molecule has 1 aromatic rings. The van der Waals surface area contributed by atoms with Crippen molar-refractivity contribution in [2.24, 2.45) is 5.92 Å². The molecule has 1 aliphatic rings. The van der Waals surface area contributed by atoms with Gasteiger partial charge in [0, 0.05) is 11.6 Å². The van der Waals surface area contributed by atoms with Crippen LogP contribution in [-0.2, 0) is 6.42 Å². The minimum Gasteiger partial charge on any atom is -0.367 e. The third-order valence-electron chi connectivity index (χ3n) is 4.00. The highest BCUT2D eigenvalue weighted by molar-refractivity contribution is 6.30. The lowest BCUT2D eigenvalue weighted by atomic mass is 9.83. The lowest BCUT2D eigenvalue weighted by Gasteiger charge is -2.32. The van der Waals surface area contributed by atoms with E-state index in [1.165, 1.54) is 32.1 Å². The number of nitrogens with zero attached hydrogens (tertiary/aromatic N) is 2. The van der Waals surface area contributed by atoms with Gasteiger partial charge in [0.05, 0.1) is 0 Å². The van der Waals surface area contributed by atoms with Crippen LogP contribution < -0.4 is 5.32 Å². The molecule has 0 aliphatic heterocycles. The molecule has 0 saturated heterocycles. The molecule has 1 aliphatic carbocycles. The molecule has 0 amide bonds. The third-order valence-corrected chi connectivity index (χ3v) is 4.33. The summed E-state index contributed by atoms with van der Waals surface area (Å²) in [7, 11) is 0. The summed E-state index contributed by atoms with van der Waals surface area (Å²) in [6.45, 7) is 4.37. The molecule has 1 N–H and O–H groups in total. The number of aromatic nitrogens is 2. The van der Waals surface area contributed by atoms with Crippen molar-refractivity contribution < 1.29 is 0 Å². The molecule has 2 rings (SSSR count). The first-order valence-corrected chi connectivity index (χ1v) is 7.40. The van der Waals surface area contributed by atoms with Gasteiger partial charge < -0.3 is 5.32 Å². The van der Waals surface area contributed by atoms with Gasteiger partial charge in [-0.15, -0.1) is 0 Å².